The van der Waals surface area contributed by atoms with E-state index in [2.05, 4.69) is 23.8 Å². The summed E-state index contributed by atoms with van der Waals surface area (Å²) in [6.07, 6.45) is 1.72. The second-order valence-electron chi connectivity index (χ2n) is 2.58. The summed E-state index contributed by atoms with van der Waals surface area (Å²) >= 11 is 3.76. The number of nitrogen functional groups attached to an aromatic ring is 1. The number of rotatable bonds is 5. The molecule has 0 aliphatic rings. The van der Waals surface area contributed by atoms with Gasteiger partial charge >= 0.3 is 0 Å². The SMILES string of the molecule is CCSC(SCC)c1ccnc(N)n1. The van der Waals surface area contributed by atoms with Crippen LogP contribution in [0.5, 0.6) is 0 Å². The van der Waals surface area contributed by atoms with Crippen LogP contribution in [-0.4, -0.2) is 21.5 Å². The molecule has 0 saturated carbocycles. The molecule has 78 valence electrons. The van der Waals surface area contributed by atoms with Crippen LogP contribution < -0.4 is 5.73 Å². The van der Waals surface area contributed by atoms with Crippen LogP contribution in [-0.2, 0) is 0 Å². The molecular weight excluding hydrogens is 214 g/mol. The normalized spacial score (nSPS) is 10.8. The number of anilines is 1. The summed E-state index contributed by atoms with van der Waals surface area (Å²) in [4.78, 5) is 8.13. The molecule has 0 amide bonds. The summed E-state index contributed by atoms with van der Waals surface area (Å²) in [5.41, 5.74) is 6.57. The van der Waals surface area contributed by atoms with E-state index in [1.165, 1.54) is 0 Å². The second kappa shape index (κ2) is 6.14. The fraction of sp³-hybridized carbons (Fsp3) is 0.556. The molecule has 0 unspecified atom stereocenters. The van der Waals surface area contributed by atoms with Crippen LogP contribution in [0.25, 0.3) is 0 Å². The number of hydrogen-bond donors (Lipinski definition) is 1. The van der Waals surface area contributed by atoms with Gasteiger partial charge in [0.25, 0.3) is 0 Å². The third kappa shape index (κ3) is 3.38. The first-order valence-electron chi connectivity index (χ1n) is 4.59. The predicted octanol–water partition coefficient (Wildman–Crippen LogP) is 2.56. The van der Waals surface area contributed by atoms with E-state index < -0.39 is 0 Å². The minimum atomic E-state index is 0.362. The second-order valence-corrected chi connectivity index (χ2v) is 5.64. The van der Waals surface area contributed by atoms with Crippen molar-refractivity contribution in [2.75, 3.05) is 17.2 Å². The first-order valence-corrected chi connectivity index (χ1v) is 6.69. The molecule has 0 atom stereocenters. The van der Waals surface area contributed by atoms with Crippen molar-refractivity contribution >= 4 is 29.5 Å². The maximum Gasteiger partial charge on any atom is 0.220 e. The van der Waals surface area contributed by atoms with Gasteiger partial charge in [0.05, 0.1) is 10.3 Å². The zero-order valence-corrected chi connectivity index (χ0v) is 10.1. The van der Waals surface area contributed by atoms with Crippen molar-refractivity contribution in [1.29, 1.82) is 0 Å². The Kier molecular flexibility index (Phi) is 5.11. The van der Waals surface area contributed by atoms with Crippen molar-refractivity contribution in [3.8, 4) is 0 Å². The van der Waals surface area contributed by atoms with E-state index in [4.69, 9.17) is 5.73 Å². The van der Waals surface area contributed by atoms with Crippen LogP contribution >= 0.6 is 23.5 Å². The van der Waals surface area contributed by atoms with Crippen LogP contribution in [0, 0.1) is 0 Å². The lowest BCUT2D eigenvalue weighted by Crippen LogP contribution is -2.00. The van der Waals surface area contributed by atoms with E-state index in [9.17, 15) is 0 Å². The smallest absolute Gasteiger partial charge is 0.220 e. The van der Waals surface area contributed by atoms with Crippen LogP contribution in [0.1, 0.15) is 24.1 Å². The van der Waals surface area contributed by atoms with Gasteiger partial charge in [0.15, 0.2) is 0 Å². The van der Waals surface area contributed by atoms with Gasteiger partial charge in [-0.15, -0.1) is 23.5 Å². The highest BCUT2D eigenvalue weighted by Crippen LogP contribution is 2.37. The van der Waals surface area contributed by atoms with Crippen molar-refractivity contribution in [3.05, 3.63) is 18.0 Å². The maximum atomic E-state index is 5.55. The summed E-state index contributed by atoms with van der Waals surface area (Å²) in [6, 6.07) is 1.94. The van der Waals surface area contributed by atoms with Crippen LogP contribution in [0.2, 0.25) is 0 Å². The predicted molar refractivity (Wildman–Crippen MR) is 65.4 cm³/mol. The minimum Gasteiger partial charge on any atom is -0.368 e. The fourth-order valence-electron chi connectivity index (χ4n) is 1.04. The maximum absolute atomic E-state index is 5.55. The van der Waals surface area contributed by atoms with Crippen molar-refractivity contribution in [1.82, 2.24) is 9.97 Å². The molecule has 0 saturated heterocycles. The number of nitrogens with two attached hydrogens (primary N) is 1. The van der Waals surface area contributed by atoms with E-state index in [-0.39, 0.29) is 0 Å². The summed E-state index contributed by atoms with van der Waals surface area (Å²) in [5, 5.41) is 0. The van der Waals surface area contributed by atoms with Gasteiger partial charge in [-0.3, -0.25) is 0 Å². The van der Waals surface area contributed by atoms with Gasteiger partial charge in [0, 0.05) is 6.20 Å². The highest BCUT2D eigenvalue weighted by atomic mass is 32.2. The monoisotopic (exact) mass is 229 g/mol. The zero-order valence-electron chi connectivity index (χ0n) is 8.43. The summed E-state index contributed by atoms with van der Waals surface area (Å²) in [7, 11) is 0. The van der Waals surface area contributed by atoms with Crippen molar-refractivity contribution in [3.63, 3.8) is 0 Å². The summed E-state index contributed by atoms with van der Waals surface area (Å²) in [6.45, 7) is 4.30. The van der Waals surface area contributed by atoms with Gasteiger partial charge in [0.1, 0.15) is 0 Å². The highest BCUT2D eigenvalue weighted by Gasteiger charge is 2.12. The molecular formula is C9H15N3S2. The van der Waals surface area contributed by atoms with Gasteiger partial charge in [0.2, 0.25) is 5.95 Å². The molecule has 0 radical (unpaired) electrons. The Morgan fingerprint density at radius 2 is 2.00 bits per heavy atom. The van der Waals surface area contributed by atoms with Gasteiger partial charge in [-0.25, -0.2) is 9.97 Å². The van der Waals surface area contributed by atoms with Crippen LogP contribution in [0.4, 0.5) is 5.95 Å². The molecule has 1 aromatic heterocycles. The van der Waals surface area contributed by atoms with Crippen molar-refractivity contribution < 1.29 is 0 Å². The third-order valence-electron chi connectivity index (χ3n) is 1.57. The Balaban J connectivity index is 2.75. The van der Waals surface area contributed by atoms with Crippen LogP contribution in [0.15, 0.2) is 12.3 Å². The topological polar surface area (TPSA) is 51.8 Å². The Morgan fingerprint density at radius 3 is 2.50 bits per heavy atom. The quantitative estimate of drug-likeness (QED) is 0.786. The average molecular weight is 229 g/mol. The average Bonchev–Trinajstić information content (AvgIpc) is 2.17. The fourth-order valence-corrected chi connectivity index (χ4v) is 3.45. The lowest BCUT2D eigenvalue weighted by Gasteiger charge is -2.13. The molecule has 1 heterocycles. The molecule has 0 aliphatic heterocycles. The first-order chi connectivity index (χ1) is 6.77. The van der Waals surface area contributed by atoms with E-state index in [1.807, 2.05) is 29.6 Å². The third-order valence-corrected chi connectivity index (χ3v) is 4.14. The lowest BCUT2D eigenvalue weighted by molar-refractivity contribution is 1.09. The first kappa shape index (κ1) is 11.7. The molecule has 1 rings (SSSR count). The number of aromatic nitrogens is 2. The largest absolute Gasteiger partial charge is 0.368 e. The van der Waals surface area contributed by atoms with E-state index in [1.54, 1.807) is 6.20 Å². The van der Waals surface area contributed by atoms with Crippen molar-refractivity contribution in [2.45, 2.75) is 18.4 Å². The Labute approximate surface area is 93.3 Å². The molecule has 2 N–H and O–H groups in total. The van der Waals surface area contributed by atoms with Gasteiger partial charge in [-0.2, -0.15) is 0 Å². The molecule has 0 spiro atoms. The Morgan fingerprint density at radius 1 is 1.36 bits per heavy atom. The Hall–Kier alpha value is -0.420. The van der Waals surface area contributed by atoms with Crippen LogP contribution in [0.3, 0.4) is 0 Å². The molecule has 0 bridgehead atoms. The molecule has 3 nitrogen and oxygen atoms in total. The standard InChI is InChI=1S/C9H15N3S2/c1-3-13-8(14-4-2)7-5-6-11-9(10)12-7/h5-6,8H,3-4H2,1-2H3,(H2,10,11,12). The summed E-state index contributed by atoms with van der Waals surface area (Å²) < 4.78 is 0.385. The molecule has 1 aromatic rings. The van der Waals surface area contributed by atoms with Gasteiger partial charge < -0.3 is 5.73 Å². The van der Waals surface area contributed by atoms with E-state index in [0.717, 1.165) is 17.2 Å². The number of hydrogen-bond acceptors (Lipinski definition) is 5. The number of nitrogens with zero attached hydrogens (tertiary/aromatic N) is 2. The molecule has 14 heavy (non-hydrogen) atoms. The molecule has 0 aromatic carbocycles. The molecule has 5 heteroatoms. The molecule has 0 fully saturated rings. The van der Waals surface area contributed by atoms with E-state index >= 15 is 0 Å². The zero-order chi connectivity index (χ0) is 10.4. The van der Waals surface area contributed by atoms with Gasteiger partial charge in [-0.1, -0.05) is 13.8 Å². The van der Waals surface area contributed by atoms with E-state index in [0.29, 0.717) is 10.5 Å². The minimum absolute atomic E-state index is 0.362. The summed E-state index contributed by atoms with van der Waals surface area (Å²) in [5.74, 6) is 2.53. The van der Waals surface area contributed by atoms with Gasteiger partial charge in [-0.05, 0) is 17.6 Å². The Bertz CT molecular complexity index is 275. The lowest BCUT2D eigenvalue weighted by atomic mass is 10.4. The highest BCUT2D eigenvalue weighted by molar-refractivity contribution is 8.16. The van der Waals surface area contributed by atoms with Crippen molar-refractivity contribution in [2.24, 2.45) is 0 Å². The number of thioether (sulfide) groups is 2. The molecule has 0 aliphatic carbocycles.